The zero-order chi connectivity index (χ0) is 15.4. The molecule has 0 N–H and O–H groups in total. The number of nitrogens with zero attached hydrogens (tertiary/aromatic N) is 5. The topological polar surface area (TPSA) is 56.1 Å². The van der Waals surface area contributed by atoms with Gasteiger partial charge in [-0.3, -0.25) is 19.5 Å². The smallest absolute Gasteiger partial charge is 0.0730 e. The van der Waals surface area contributed by atoms with Crippen molar-refractivity contribution in [2.24, 2.45) is 0 Å². The highest BCUT2D eigenvalue weighted by molar-refractivity contribution is 5.06. The number of ether oxygens (including phenoxy) is 1. The highest BCUT2D eigenvalue weighted by Gasteiger charge is 2.24. The molecule has 6 heteroatoms. The van der Waals surface area contributed by atoms with Gasteiger partial charge in [-0.25, -0.2) is 0 Å². The molecule has 2 aromatic rings. The fourth-order valence-corrected chi connectivity index (χ4v) is 2.91. The van der Waals surface area contributed by atoms with Crippen molar-refractivity contribution < 1.29 is 4.74 Å². The third-order valence-corrected chi connectivity index (χ3v) is 4.04. The first-order chi connectivity index (χ1) is 10.8. The fraction of sp³-hybridized carbons (Fsp3) is 0.562. The van der Waals surface area contributed by atoms with Gasteiger partial charge in [-0.2, -0.15) is 5.10 Å². The summed E-state index contributed by atoms with van der Waals surface area (Å²) >= 11 is 0. The minimum absolute atomic E-state index is 0.379. The van der Waals surface area contributed by atoms with Crippen LogP contribution in [0.1, 0.15) is 30.4 Å². The van der Waals surface area contributed by atoms with Gasteiger partial charge in [-0.1, -0.05) is 0 Å². The first-order valence-corrected chi connectivity index (χ1v) is 7.86. The Bertz CT molecular complexity index is 612. The summed E-state index contributed by atoms with van der Waals surface area (Å²) in [6, 6.07) is 2.47. The molecule has 2 aromatic heterocycles. The Morgan fingerprint density at radius 3 is 3.09 bits per heavy atom. The van der Waals surface area contributed by atoms with Crippen LogP contribution in [-0.4, -0.2) is 43.9 Å². The SMILES string of the molecule is CCOC[C@H]1CCn2nccc2CN1Cc1cncc(C)n1. The molecule has 6 nitrogen and oxygen atoms in total. The summed E-state index contributed by atoms with van der Waals surface area (Å²) in [5.41, 5.74) is 3.22. The van der Waals surface area contributed by atoms with Crippen molar-refractivity contribution in [1.29, 1.82) is 0 Å². The van der Waals surface area contributed by atoms with Crippen LogP contribution in [0, 0.1) is 6.92 Å². The Hall–Kier alpha value is -1.79. The molecule has 118 valence electrons. The molecule has 0 bridgehead atoms. The molecular formula is C16H23N5O. The van der Waals surface area contributed by atoms with E-state index in [2.05, 4.69) is 30.7 Å². The molecule has 0 spiro atoms. The molecule has 1 aliphatic rings. The van der Waals surface area contributed by atoms with Crippen LogP contribution in [0.5, 0.6) is 0 Å². The van der Waals surface area contributed by atoms with E-state index in [1.807, 2.05) is 26.2 Å². The van der Waals surface area contributed by atoms with Crippen molar-refractivity contribution in [3.63, 3.8) is 0 Å². The van der Waals surface area contributed by atoms with Crippen LogP contribution < -0.4 is 0 Å². The summed E-state index contributed by atoms with van der Waals surface area (Å²) in [4.78, 5) is 11.3. The van der Waals surface area contributed by atoms with Gasteiger partial charge in [0, 0.05) is 50.9 Å². The second-order valence-corrected chi connectivity index (χ2v) is 5.70. The normalized spacial score (nSPS) is 18.9. The molecule has 3 rings (SSSR count). The lowest BCUT2D eigenvalue weighted by Gasteiger charge is -2.28. The molecule has 0 amide bonds. The summed E-state index contributed by atoms with van der Waals surface area (Å²) in [6.45, 7) is 8.12. The van der Waals surface area contributed by atoms with E-state index >= 15 is 0 Å². The molecule has 0 unspecified atom stereocenters. The second-order valence-electron chi connectivity index (χ2n) is 5.70. The Kier molecular flexibility index (Phi) is 4.80. The van der Waals surface area contributed by atoms with E-state index in [4.69, 9.17) is 4.74 Å². The molecule has 0 saturated heterocycles. The number of hydrogen-bond acceptors (Lipinski definition) is 5. The zero-order valence-electron chi connectivity index (χ0n) is 13.3. The van der Waals surface area contributed by atoms with Crippen LogP contribution in [-0.2, 0) is 24.4 Å². The maximum absolute atomic E-state index is 5.69. The number of rotatable bonds is 5. The van der Waals surface area contributed by atoms with E-state index in [-0.39, 0.29) is 0 Å². The van der Waals surface area contributed by atoms with Gasteiger partial charge in [0.2, 0.25) is 0 Å². The predicted octanol–water partition coefficient (Wildman–Crippen LogP) is 1.79. The van der Waals surface area contributed by atoms with Gasteiger partial charge in [-0.05, 0) is 26.3 Å². The summed E-state index contributed by atoms with van der Waals surface area (Å²) < 4.78 is 7.79. The summed E-state index contributed by atoms with van der Waals surface area (Å²) in [5, 5.41) is 4.41. The van der Waals surface area contributed by atoms with Gasteiger partial charge in [0.05, 0.1) is 23.7 Å². The van der Waals surface area contributed by atoms with Crippen molar-refractivity contribution in [2.75, 3.05) is 13.2 Å². The molecule has 1 atom stereocenters. The second kappa shape index (κ2) is 6.98. The van der Waals surface area contributed by atoms with E-state index in [0.717, 1.165) is 50.7 Å². The van der Waals surface area contributed by atoms with E-state index in [0.29, 0.717) is 6.04 Å². The lowest BCUT2D eigenvalue weighted by Crippen LogP contribution is -2.37. The van der Waals surface area contributed by atoms with E-state index in [1.54, 1.807) is 6.20 Å². The molecule has 1 aliphatic heterocycles. The molecule has 0 fully saturated rings. The minimum Gasteiger partial charge on any atom is -0.380 e. The Morgan fingerprint density at radius 2 is 2.27 bits per heavy atom. The number of hydrogen-bond donors (Lipinski definition) is 0. The molecule has 0 radical (unpaired) electrons. The minimum atomic E-state index is 0.379. The Morgan fingerprint density at radius 1 is 1.36 bits per heavy atom. The van der Waals surface area contributed by atoms with Crippen LogP contribution in [0.3, 0.4) is 0 Å². The first-order valence-electron chi connectivity index (χ1n) is 7.86. The number of aromatic nitrogens is 4. The van der Waals surface area contributed by atoms with E-state index in [1.165, 1.54) is 5.69 Å². The van der Waals surface area contributed by atoms with Crippen LogP contribution in [0.4, 0.5) is 0 Å². The first kappa shape index (κ1) is 15.1. The average molecular weight is 301 g/mol. The van der Waals surface area contributed by atoms with Crippen LogP contribution in [0.15, 0.2) is 24.7 Å². The third-order valence-electron chi connectivity index (χ3n) is 4.04. The molecular weight excluding hydrogens is 278 g/mol. The molecule has 22 heavy (non-hydrogen) atoms. The lowest BCUT2D eigenvalue weighted by atomic mass is 10.2. The van der Waals surface area contributed by atoms with E-state index < -0.39 is 0 Å². The standard InChI is InChI=1S/C16H23N5O/c1-3-22-12-16-5-7-21-15(4-6-18-21)11-20(16)10-14-9-17-8-13(2)19-14/h4,6,8-9,16H,3,5,7,10-12H2,1-2H3/t16-/m1/s1. The molecule has 0 aromatic carbocycles. The summed E-state index contributed by atoms with van der Waals surface area (Å²) in [5.74, 6) is 0. The van der Waals surface area contributed by atoms with Gasteiger partial charge in [-0.15, -0.1) is 0 Å². The van der Waals surface area contributed by atoms with Gasteiger partial charge in [0.25, 0.3) is 0 Å². The maximum atomic E-state index is 5.69. The molecule has 3 heterocycles. The van der Waals surface area contributed by atoms with Crippen molar-refractivity contribution in [3.05, 3.63) is 41.7 Å². The maximum Gasteiger partial charge on any atom is 0.0730 e. The van der Waals surface area contributed by atoms with Crippen molar-refractivity contribution in [1.82, 2.24) is 24.6 Å². The number of fused-ring (bicyclic) bond motifs is 1. The molecule has 0 saturated carbocycles. The largest absolute Gasteiger partial charge is 0.380 e. The summed E-state index contributed by atoms with van der Waals surface area (Å²) in [7, 11) is 0. The predicted molar refractivity (Wildman–Crippen MR) is 83.1 cm³/mol. The van der Waals surface area contributed by atoms with Gasteiger partial charge < -0.3 is 4.74 Å². The van der Waals surface area contributed by atoms with Crippen LogP contribution in [0.25, 0.3) is 0 Å². The van der Waals surface area contributed by atoms with Crippen LogP contribution >= 0.6 is 0 Å². The van der Waals surface area contributed by atoms with Crippen molar-refractivity contribution in [3.8, 4) is 0 Å². The Labute approximate surface area is 131 Å². The monoisotopic (exact) mass is 301 g/mol. The van der Waals surface area contributed by atoms with Crippen molar-refractivity contribution in [2.45, 2.75) is 45.9 Å². The highest BCUT2D eigenvalue weighted by Crippen LogP contribution is 2.19. The van der Waals surface area contributed by atoms with Gasteiger partial charge >= 0.3 is 0 Å². The number of aryl methyl sites for hydroxylation is 2. The fourth-order valence-electron chi connectivity index (χ4n) is 2.91. The average Bonchev–Trinajstić information content (AvgIpc) is 2.88. The van der Waals surface area contributed by atoms with Crippen LogP contribution in [0.2, 0.25) is 0 Å². The quantitative estimate of drug-likeness (QED) is 0.843. The van der Waals surface area contributed by atoms with E-state index in [9.17, 15) is 0 Å². The molecule has 0 aliphatic carbocycles. The summed E-state index contributed by atoms with van der Waals surface area (Å²) in [6.07, 6.45) is 6.56. The lowest BCUT2D eigenvalue weighted by molar-refractivity contribution is 0.0552. The Balaban J connectivity index is 1.79. The van der Waals surface area contributed by atoms with Gasteiger partial charge in [0.15, 0.2) is 0 Å². The third kappa shape index (κ3) is 3.51. The zero-order valence-corrected chi connectivity index (χ0v) is 13.3. The van der Waals surface area contributed by atoms with Crippen molar-refractivity contribution >= 4 is 0 Å². The van der Waals surface area contributed by atoms with Gasteiger partial charge in [0.1, 0.15) is 0 Å². The highest BCUT2D eigenvalue weighted by atomic mass is 16.5.